The second kappa shape index (κ2) is 8.76. The van der Waals surface area contributed by atoms with Gasteiger partial charge in [0.2, 0.25) is 0 Å². The summed E-state index contributed by atoms with van der Waals surface area (Å²) < 4.78 is 16.8. The Hall–Kier alpha value is -3.47. The Morgan fingerprint density at radius 1 is 0.778 bits per heavy atom. The topological polar surface area (TPSA) is 65.0 Å². The molecule has 0 aliphatic heterocycles. The number of carboxylic acids is 1. The highest BCUT2D eigenvalue weighted by atomic mass is 16.5. The molecule has 0 atom stereocenters. The summed E-state index contributed by atoms with van der Waals surface area (Å²) in [6.45, 7) is 0.564. The van der Waals surface area contributed by atoms with Crippen LogP contribution in [0.5, 0.6) is 17.2 Å². The fourth-order valence-electron chi connectivity index (χ4n) is 2.66. The lowest BCUT2D eigenvalue weighted by Gasteiger charge is -2.16. The minimum atomic E-state index is -1.14. The Balaban J connectivity index is 1.83. The molecule has 27 heavy (non-hydrogen) atoms. The summed E-state index contributed by atoms with van der Waals surface area (Å²) >= 11 is 0. The zero-order chi connectivity index (χ0) is 19.1. The van der Waals surface area contributed by atoms with Gasteiger partial charge >= 0.3 is 5.97 Å². The van der Waals surface area contributed by atoms with E-state index in [1.54, 1.807) is 12.1 Å². The van der Waals surface area contributed by atoms with Crippen molar-refractivity contribution in [1.82, 2.24) is 0 Å². The standard InChI is InChI=1S/C22H20O5/c1-25-21-19(27-15-17-10-6-3-7-11-17)13-12-18(20(21)22(23)24)26-14-16-8-4-2-5-9-16/h2-13H,14-15H2,1H3,(H,23,24). The van der Waals surface area contributed by atoms with Crippen molar-refractivity contribution >= 4 is 5.97 Å². The van der Waals surface area contributed by atoms with Gasteiger partial charge in [-0.25, -0.2) is 4.79 Å². The SMILES string of the molecule is COc1c(OCc2ccccc2)ccc(OCc2ccccc2)c1C(=O)O. The molecule has 5 heteroatoms. The normalized spacial score (nSPS) is 10.3. The van der Waals surface area contributed by atoms with Crippen LogP contribution in [0.15, 0.2) is 72.8 Å². The third-order valence-corrected chi connectivity index (χ3v) is 3.98. The van der Waals surface area contributed by atoms with Gasteiger partial charge in [-0.05, 0) is 23.3 Å². The molecule has 0 aliphatic carbocycles. The minimum Gasteiger partial charge on any atom is -0.492 e. The molecule has 138 valence electrons. The maximum Gasteiger partial charge on any atom is 0.343 e. The molecule has 0 amide bonds. The Morgan fingerprint density at radius 3 is 1.74 bits per heavy atom. The molecule has 0 aromatic heterocycles. The fraction of sp³-hybridized carbons (Fsp3) is 0.136. The van der Waals surface area contributed by atoms with E-state index in [-0.39, 0.29) is 23.7 Å². The average molecular weight is 364 g/mol. The number of benzene rings is 3. The highest BCUT2D eigenvalue weighted by molar-refractivity contribution is 5.95. The predicted molar refractivity (Wildman–Crippen MR) is 102 cm³/mol. The second-order valence-electron chi connectivity index (χ2n) is 5.82. The first kappa shape index (κ1) is 18.3. The van der Waals surface area contributed by atoms with Gasteiger partial charge < -0.3 is 19.3 Å². The third kappa shape index (κ3) is 4.58. The molecule has 0 radical (unpaired) electrons. The molecular weight excluding hydrogens is 344 g/mol. The lowest BCUT2D eigenvalue weighted by molar-refractivity contribution is 0.0686. The highest BCUT2D eigenvalue weighted by Crippen LogP contribution is 2.38. The predicted octanol–water partition coefficient (Wildman–Crippen LogP) is 4.55. The van der Waals surface area contributed by atoms with Crippen LogP contribution in [0.1, 0.15) is 21.5 Å². The fourth-order valence-corrected chi connectivity index (χ4v) is 2.66. The van der Waals surface area contributed by atoms with E-state index in [1.165, 1.54) is 7.11 Å². The molecule has 0 fully saturated rings. The molecule has 0 aliphatic rings. The molecule has 5 nitrogen and oxygen atoms in total. The van der Waals surface area contributed by atoms with E-state index in [0.29, 0.717) is 12.4 Å². The van der Waals surface area contributed by atoms with Crippen LogP contribution in [0, 0.1) is 0 Å². The Kier molecular flexibility index (Phi) is 5.94. The lowest BCUT2D eigenvalue weighted by Crippen LogP contribution is -2.08. The zero-order valence-electron chi connectivity index (χ0n) is 14.9. The summed E-state index contributed by atoms with van der Waals surface area (Å²) in [4.78, 5) is 11.8. The largest absolute Gasteiger partial charge is 0.492 e. The number of carbonyl (C=O) groups is 1. The van der Waals surface area contributed by atoms with Crippen LogP contribution in [-0.4, -0.2) is 18.2 Å². The van der Waals surface area contributed by atoms with Crippen molar-refractivity contribution in [3.63, 3.8) is 0 Å². The van der Waals surface area contributed by atoms with Crippen molar-refractivity contribution in [2.75, 3.05) is 7.11 Å². The zero-order valence-corrected chi connectivity index (χ0v) is 14.9. The van der Waals surface area contributed by atoms with E-state index in [4.69, 9.17) is 14.2 Å². The Labute approximate surface area is 157 Å². The molecule has 0 saturated heterocycles. The molecule has 0 heterocycles. The number of carboxylic acid groups (broad SMARTS) is 1. The molecule has 3 aromatic carbocycles. The lowest BCUT2D eigenvalue weighted by atomic mass is 10.1. The van der Waals surface area contributed by atoms with Crippen LogP contribution >= 0.6 is 0 Å². The average Bonchev–Trinajstić information content (AvgIpc) is 2.71. The van der Waals surface area contributed by atoms with Gasteiger partial charge in [-0.15, -0.1) is 0 Å². The van der Waals surface area contributed by atoms with E-state index in [2.05, 4.69) is 0 Å². The summed E-state index contributed by atoms with van der Waals surface area (Å²) in [5.74, 6) is -0.412. The van der Waals surface area contributed by atoms with Gasteiger partial charge in [-0.3, -0.25) is 0 Å². The first-order chi connectivity index (χ1) is 13.2. The van der Waals surface area contributed by atoms with Gasteiger partial charge in [0.15, 0.2) is 11.5 Å². The molecule has 1 N–H and O–H groups in total. The second-order valence-corrected chi connectivity index (χ2v) is 5.82. The van der Waals surface area contributed by atoms with Crippen molar-refractivity contribution in [3.8, 4) is 17.2 Å². The van der Waals surface area contributed by atoms with E-state index in [9.17, 15) is 9.90 Å². The number of hydrogen-bond donors (Lipinski definition) is 1. The first-order valence-corrected chi connectivity index (χ1v) is 8.46. The van der Waals surface area contributed by atoms with Gasteiger partial charge in [0.05, 0.1) is 7.11 Å². The van der Waals surface area contributed by atoms with Gasteiger partial charge in [0, 0.05) is 0 Å². The van der Waals surface area contributed by atoms with Crippen molar-refractivity contribution in [1.29, 1.82) is 0 Å². The number of methoxy groups -OCH3 is 1. The monoisotopic (exact) mass is 364 g/mol. The molecule has 0 bridgehead atoms. The summed E-state index contributed by atoms with van der Waals surface area (Å²) in [6.07, 6.45) is 0. The molecule has 0 unspecified atom stereocenters. The van der Waals surface area contributed by atoms with Crippen molar-refractivity contribution in [2.24, 2.45) is 0 Å². The van der Waals surface area contributed by atoms with Crippen molar-refractivity contribution < 1.29 is 24.1 Å². The number of ether oxygens (including phenoxy) is 3. The van der Waals surface area contributed by atoms with Crippen LogP contribution in [0.25, 0.3) is 0 Å². The summed E-state index contributed by atoms with van der Waals surface area (Å²) in [7, 11) is 1.41. The summed E-state index contributed by atoms with van der Waals surface area (Å²) in [5, 5.41) is 9.67. The van der Waals surface area contributed by atoms with E-state index in [0.717, 1.165) is 11.1 Å². The van der Waals surface area contributed by atoms with Gasteiger partial charge in [-0.1, -0.05) is 60.7 Å². The molecule has 0 spiro atoms. The molecular formula is C22H20O5. The molecule has 3 aromatic rings. The van der Waals surface area contributed by atoms with Crippen LogP contribution in [-0.2, 0) is 13.2 Å². The van der Waals surface area contributed by atoms with Crippen molar-refractivity contribution in [3.05, 3.63) is 89.5 Å². The van der Waals surface area contributed by atoms with Gasteiger partial charge in [-0.2, -0.15) is 0 Å². The van der Waals surface area contributed by atoms with E-state index >= 15 is 0 Å². The highest BCUT2D eigenvalue weighted by Gasteiger charge is 2.22. The maximum atomic E-state index is 11.8. The number of hydrogen-bond acceptors (Lipinski definition) is 4. The van der Waals surface area contributed by atoms with Gasteiger partial charge in [0.1, 0.15) is 24.5 Å². The number of rotatable bonds is 8. The maximum absolute atomic E-state index is 11.8. The first-order valence-electron chi connectivity index (χ1n) is 8.46. The Bertz CT molecular complexity index is 891. The minimum absolute atomic E-state index is 0.0565. The smallest absolute Gasteiger partial charge is 0.343 e. The van der Waals surface area contributed by atoms with Crippen LogP contribution in [0.2, 0.25) is 0 Å². The summed E-state index contributed by atoms with van der Waals surface area (Å²) in [5.41, 5.74) is 1.86. The van der Waals surface area contributed by atoms with Crippen LogP contribution in [0.3, 0.4) is 0 Å². The van der Waals surface area contributed by atoms with Crippen LogP contribution in [0.4, 0.5) is 0 Å². The van der Waals surface area contributed by atoms with E-state index < -0.39 is 5.97 Å². The van der Waals surface area contributed by atoms with Crippen LogP contribution < -0.4 is 14.2 Å². The molecule has 0 saturated carbocycles. The van der Waals surface area contributed by atoms with E-state index in [1.807, 2.05) is 60.7 Å². The Morgan fingerprint density at radius 2 is 1.26 bits per heavy atom. The summed E-state index contributed by atoms with van der Waals surface area (Å²) in [6, 6.07) is 22.4. The van der Waals surface area contributed by atoms with Gasteiger partial charge in [0.25, 0.3) is 0 Å². The van der Waals surface area contributed by atoms with Crippen molar-refractivity contribution in [2.45, 2.75) is 13.2 Å². The third-order valence-electron chi connectivity index (χ3n) is 3.98. The molecule has 3 rings (SSSR count). The number of aromatic carboxylic acids is 1. The quantitative estimate of drug-likeness (QED) is 0.635.